The van der Waals surface area contributed by atoms with Gasteiger partial charge in [0.1, 0.15) is 19.0 Å². The summed E-state index contributed by atoms with van der Waals surface area (Å²) in [6.07, 6.45) is 0. The van der Waals surface area contributed by atoms with Crippen molar-refractivity contribution in [2.75, 3.05) is 13.2 Å². The molecular formula is C15H10ClFO3. The van der Waals surface area contributed by atoms with Crippen LogP contribution in [0.1, 0.15) is 15.9 Å². The molecule has 2 aromatic carbocycles. The van der Waals surface area contributed by atoms with Crippen LogP contribution in [0.2, 0.25) is 5.02 Å². The Morgan fingerprint density at radius 1 is 1.05 bits per heavy atom. The highest BCUT2D eigenvalue weighted by molar-refractivity contribution is 6.35. The molecule has 0 amide bonds. The van der Waals surface area contributed by atoms with Crippen LogP contribution < -0.4 is 9.47 Å². The van der Waals surface area contributed by atoms with E-state index in [1.54, 1.807) is 18.2 Å². The third-order valence-corrected chi connectivity index (χ3v) is 3.29. The molecule has 0 N–H and O–H groups in total. The zero-order valence-electron chi connectivity index (χ0n) is 10.4. The zero-order chi connectivity index (χ0) is 14.1. The van der Waals surface area contributed by atoms with Gasteiger partial charge in [-0.3, -0.25) is 4.79 Å². The molecule has 0 aliphatic carbocycles. The molecule has 0 radical (unpaired) electrons. The molecular weight excluding hydrogens is 283 g/mol. The minimum atomic E-state index is -0.478. The normalized spacial score (nSPS) is 13.1. The van der Waals surface area contributed by atoms with Gasteiger partial charge in [-0.2, -0.15) is 0 Å². The van der Waals surface area contributed by atoms with Gasteiger partial charge in [-0.05, 0) is 36.4 Å². The molecule has 1 heterocycles. The van der Waals surface area contributed by atoms with Crippen LogP contribution in [0.15, 0.2) is 36.4 Å². The van der Waals surface area contributed by atoms with Gasteiger partial charge in [-0.1, -0.05) is 11.6 Å². The van der Waals surface area contributed by atoms with E-state index in [0.29, 0.717) is 30.3 Å². The minimum Gasteiger partial charge on any atom is -0.486 e. The average Bonchev–Trinajstić information content (AvgIpc) is 2.46. The van der Waals surface area contributed by atoms with Gasteiger partial charge in [0.15, 0.2) is 17.3 Å². The molecule has 5 heteroatoms. The van der Waals surface area contributed by atoms with Gasteiger partial charge in [0, 0.05) is 11.1 Å². The second-order valence-corrected chi connectivity index (χ2v) is 4.72. The van der Waals surface area contributed by atoms with E-state index >= 15 is 0 Å². The van der Waals surface area contributed by atoms with Crippen molar-refractivity contribution in [2.24, 2.45) is 0 Å². The lowest BCUT2D eigenvalue weighted by molar-refractivity contribution is 0.103. The van der Waals surface area contributed by atoms with Crippen LogP contribution in [0.5, 0.6) is 11.5 Å². The summed E-state index contributed by atoms with van der Waals surface area (Å²) in [5.41, 5.74) is 0.674. The molecule has 0 saturated carbocycles. The molecule has 1 aliphatic rings. The monoisotopic (exact) mass is 292 g/mol. The van der Waals surface area contributed by atoms with Crippen molar-refractivity contribution in [3.05, 3.63) is 58.4 Å². The summed E-state index contributed by atoms with van der Waals surface area (Å²) in [6.45, 7) is 0.937. The minimum absolute atomic E-state index is 0.0879. The first-order valence-electron chi connectivity index (χ1n) is 6.04. The maximum atomic E-state index is 13.0. The van der Waals surface area contributed by atoms with Crippen molar-refractivity contribution in [1.29, 1.82) is 0 Å². The number of ketones is 1. The molecule has 0 saturated heterocycles. The van der Waals surface area contributed by atoms with E-state index in [2.05, 4.69) is 0 Å². The Hall–Kier alpha value is -2.07. The van der Waals surface area contributed by atoms with Crippen molar-refractivity contribution >= 4 is 17.4 Å². The lowest BCUT2D eigenvalue weighted by Crippen LogP contribution is -2.16. The first-order chi connectivity index (χ1) is 9.65. The largest absolute Gasteiger partial charge is 0.486 e. The van der Waals surface area contributed by atoms with Gasteiger partial charge >= 0.3 is 0 Å². The van der Waals surface area contributed by atoms with Gasteiger partial charge in [0.05, 0.1) is 5.02 Å². The van der Waals surface area contributed by atoms with Crippen molar-refractivity contribution in [2.45, 2.75) is 0 Å². The van der Waals surface area contributed by atoms with E-state index in [0.717, 1.165) is 6.07 Å². The number of fused-ring (bicyclic) bond motifs is 1. The fourth-order valence-corrected chi connectivity index (χ4v) is 2.27. The number of ether oxygens (including phenoxy) is 2. The van der Waals surface area contributed by atoms with Crippen molar-refractivity contribution in [3.63, 3.8) is 0 Å². The zero-order valence-corrected chi connectivity index (χ0v) is 11.1. The second kappa shape index (κ2) is 5.13. The molecule has 3 nitrogen and oxygen atoms in total. The SMILES string of the molecule is O=C(c1ccc2c(c1)OCCO2)c1ccc(F)cc1Cl. The predicted molar refractivity (Wildman–Crippen MR) is 72.3 cm³/mol. The summed E-state index contributed by atoms with van der Waals surface area (Å²) in [4.78, 5) is 12.4. The molecule has 0 spiro atoms. The van der Waals surface area contributed by atoms with Crippen LogP contribution in [0, 0.1) is 5.82 Å². The van der Waals surface area contributed by atoms with E-state index in [9.17, 15) is 9.18 Å². The predicted octanol–water partition coefficient (Wildman–Crippen LogP) is 3.48. The number of rotatable bonds is 2. The maximum Gasteiger partial charge on any atom is 0.194 e. The van der Waals surface area contributed by atoms with E-state index in [1.165, 1.54) is 12.1 Å². The smallest absolute Gasteiger partial charge is 0.194 e. The van der Waals surface area contributed by atoms with E-state index < -0.39 is 5.82 Å². The molecule has 0 bridgehead atoms. The number of hydrogen-bond donors (Lipinski definition) is 0. The van der Waals surface area contributed by atoms with Gasteiger partial charge in [-0.15, -0.1) is 0 Å². The number of benzene rings is 2. The fraction of sp³-hybridized carbons (Fsp3) is 0.133. The van der Waals surface area contributed by atoms with Gasteiger partial charge < -0.3 is 9.47 Å². The van der Waals surface area contributed by atoms with E-state index in [-0.39, 0.29) is 16.4 Å². The van der Waals surface area contributed by atoms with Gasteiger partial charge in [0.2, 0.25) is 0 Å². The van der Waals surface area contributed by atoms with Crippen molar-refractivity contribution in [1.82, 2.24) is 0 Å². The first kappa shape index (κ1) is 12.9. The quantitative estimate of drug-likeness (QED) is 0.795. The lowest BCUT2D eigenvalue weighted by Gasteiger charge is -2.18. The Kier molecular flexibility index (Phi) is 3.32. The third kappa shape index (κ3) is 2.34. The third-order valence-electron chi connectivity index (χ3n) is 2.98. The van der Waals surface area contributed by atoms with Crippen molar-refractivity contribution in [3.8, 4) is 11.5 Å². The van der Waals surface area contributed by atoms with Crippen LogP contribution >= 0.6 is 11.6 Å². The first-order valence-corrected chi connectivity index (χ1v) is 6.42. The Morgan fingerprint density at radius 2 is 1.80 bits per heavy atom. The maximum absolute atomic E-state index is 13.0. The summed E-state index contributed by atoms with van der Waals surface area (Å²) in [5, 5.41) is 0.0879. The fourth-order valence-electron chi connectivity index (χ4n) is 2.01. The molecule has 2 aromatic rings. The molecule has 3 rings (SSSR count). The van der Waals surface area contributed by atoms with Crippen LogP contribution in [0.25, 0.3) is 0 Å². The van der Waals surface area contributed by atoms with Crippen LogP contribution in [0.4, 0.5) is 4.39 Å². The summed E-state index contributed by atoms with van der Waals surface area (Å²) < 4.78 is 23.8. The Balaban J connectivity index is 1.98. The molecule has 0 unspecified atom stereocenters. The highest BCUT2D eigenvalue weighted by atomic mass is 35.5. The number of halogens is 2. The number of carbonyl (C=O) groups is 1. The second-order valence-electron chi connectivity index (χ2n) is 4.31. The van der Waals surface area contributed by atoms with Crippen LogP contribution in [0.3, 0.4) is 0 Å². The summed E-state index contributed by atoms with van der Waals surface area (Å²) in [5.74, 6) is 0.374. The topological polar surface area (TPSA) is 35.5 Å². The molecule has 1 aliphatic heterocycles. The molecule has 0 atom stereocenters. The van der Waals surface area contributed by atoms with Gasteiger partial charge in [-0.25, -0.2) is 4.39 Å². The molecule has 0 fully saturated rings. The highest BCUT2D eigenvalue weighted by Crippen LogP contribution is 2.32. The Bertz CT molecular complexity index is 685. The van der Waals surface area contributed by atoms with E-state index in [1.807, 2.05) is 0 Å². The number of hydrogen-bond acceptors (Lipinski definition) is 3. The Labute approximate surface area is 119 Å². The summed E-state index contributed by atoms with van der Waals surface area (Å²) in [7, 11) is 0. The lowest BCUT2D eigenvalue weighted by atomic mass is 10.0. The average molecular weight is 293 g/mol. The van der Waals surface area contributed by atoms with Crippen LogP contribution in [-0.2, 0) is 0 Å². The summed E-state index contributed by atoms with van der Waals surface area (Å²) >= 11 is 5.90. The van der Waals surface area contributed by atoms with Crippen molar-refractivity contribution < 1.29 is 18.7 Å². The standard InChI is InChI=1S/C15H10ClFO3/c16-12-8-10(17)2-3-11(12)15(18)9-1-4-13-14(7-9)20-6-5-19-13/h1-4,7-8H,5-6H2. The molecule has 20 heavy (non-hydrogen) atoms. The number of carbonyl (C=O) groups excluding carboxylic acids is 1. The summed E-state index contributed by atoms with van der Waals surface area (Å²) in [6, 6.07) is 8.62. The Morgan fingerprint density at radius 3 is 2.55 bits per heavy atom. The van der Waals surface area contributed by atoms with E-state index in [4.69, 9.17) is 21.1 Å². The molecule has 0 aromatic heterocycles. The highest BCUT2D eigenvalue weighted by Gasteiger charge is 2.18. The van der Waals surface area contributed by atoms with Gasteiger partial charge in [0.25, 0.3) is 0 Å². The van der Waals surface area contributed by atoms with Crippen LogP contribution in [-0.4, -0.2) is 19.0 Å². The molecule has 102 valence electrons.